The first-order valence-corrected chi connectivity index (χ1v) is 6.37. The van der Waals surface area contributed by atoms with E-state index in [1.807, 2.05) is 17.6 Å². The van der Waals surface area contributed by atoms with E-state index in [-0.39, 0.29) is 6.29 Å². The fraction of sp³-hybridized carbons (Fsp3) is 0.462. The monoisotopic (exact) mass is 265 g/mol. The zero-order valence-corrected chi connectivity index (χ0v) is 10.7. The molecule has 1 heterocycles. The molecule has 1 fully saturated rings. The van der Waals surface area contributed by atoms with Crippen molar-refractivity contribution in [2.45, 2.75) is 32.2 Å². The van der Waals surface area contributed by atoms with Crippen LogP contribution < -0.4 is 16.6 Å². The van der Waals surface area contributed by atoms with Crippen molar-refractivity contribution in [3.05, 3.63) is 29.8 Å². The summed E-state index contributed by atoms with van der Waals surface area (Å²) in [4.78, 5) is 11.0. The lowest BCUT2D eigenvalue weighted by molar-refractivity contribution is -0.168. The molecular formula is C13H19N3O3. The molecule has 1 saturated heterocycles. The SMILES string of the molecule is NNC(=O)Nc1ccc(CO[C@H]2CCCCO2)cc1. The van der Waals surface area contributed by atoms with Gasteiger partial charge in [-0.15, -0.1) is 0 Å². The van der Waals surface area contributed by atoms with Crippen LogP contribution in [0.2, 0.25) is 0 Å². The van der Waals surface area contributed by atoms with E-state index >= 15 is 0 Å². The van der Waals surface area contributed by atoms with Gasteiger partial charge >= 0.3 is 6.03 Å². The molecule has 1 aliphatic heterocycles. The van der Waals surface area contributed by atoms with E-state index in [4.69, 9.17) is 15.3 Å². The minimum atomic E-state index is -0.445. The number of urea groups is 1. The zero-order chi connectivity index (χ0) is 13.5. The van der Waals surface area contributed by atoms with E-state index in [2.05, 4.69) is 5.32 Å². The van der Waals surface area contributed by atoms with Gasteiger partial charge in [-0.3, -0.25) is 5.43 Å². The molecule has 0 aromatic heterocycles. The Balaban J connectivity index is 1.79. The van der Waals surface area contributed by atoms with Gasteiger partial charge in [0.15, 0.2) is 6.29 Å². The Morgan fingerprint density at radius 3 is 2.79 bits per heavy atom. The number of benzene rings is 1. The topological polar surface area (TPSA) is 85.6 Å². The van der Waals surface area contributed by atoms with Crippen LogP contribution in [0.15, 0.2) is 24.3 Å². The van der Waals surface area contributed by atoms with Gasteiger partial charge in [0, 0.05) is 12.3 Å². The second kappa shape index (κ2) is 7.08. The van der Waals surface area contributed by atoms with E-state index in [0.717, 1.165) is 31.4 Å². The highest BCUT2D eigenvalue weighted by Gasteiger charge is 2.13. The maximum absolute atomic E-state index is 11.0. The summed E-state index contributed by atoms with van der Waals surface area (Å²) in [6.45, 7) is 1.29. The summed E-state index contributed by atoms with van der Waals surface area (Å²) in [5.41, 5.74) is 3.72. The van der Waals surface area contributed by atoms with Gasteiger partial charge in [-0.1, -0.05) is 12.1 Å². The Labute approximate surface area is 112 Å². The van der Waals surface area contributed by atoms with Crippen LogP contribution in [-0.4, -0.2) is 18.9 Å². The lowest BCUT2D eigenvalue weighted by Gasteiger charge is -2.22. The van der Waals surface area contributed by atoms with Crippen LogP contribution >= 0.6 is 0 Å². The zero-order valence-electron chi connectivity index (χ0n) is 10.7. The molecular weight excluding hydrogens is 246 g/mol. The summed E-state index contributed by atoms with van der Waals surface area (Å²) in [5.74, 6) is 4.98. The molecule has 1 aliphatic rings. The Morgan fingerprint density at radius 2 is 2.16 bits per heavy atom. The molecule has 6 nitrogen and oxygen atoms in total. The van der Waals surface area contributed by atoms with Crippen LogP contribution in [0.25, 0.3) is 0 Å². The third-order valence-corrected chi connectivity index (χ3v) is 2.92. The molecule has 0 spiro atoms. The Hall–Kier alpha value is -1.63. The van der Waals surface area contributed by atoms with Crippen molar-refractivity contribution in [3.63, 3.8) is 0 Å². The molecule has 2 amide bonds. The summed E-state index contributed by atoms with van der Waals surface area (Å²) in [6.07, 6.45) is 3.14. The maximum Gasteiger partial charge on any atom is 0.333 e. The van der Waals surface area contributed by atoms with Crippen LogP contribution in [0.4, 0.5) is 10.5 Å². The van der Waals surface area contributed by atoms with Crippen molar-refractivity contribution in [2.24, 2.45) is 5.84 Å². The molecule has 104 valence electrons. The van der Waals surface area contributed by atoms with Crippen LogP contribution in [0, 0.1) is 0 Å². The first-order chi connectivity index (χ1) is 9.28. The molecule has 0 saturated carbocycles. The second-order valence-electron chi connectivity index (χ2n) is 4.40. The first kappa shape index (κ1) is 13.8. The van der Waals surface area contributed by atoms with Crippen LogP contribution in [-0.2, 0) is 16.1 Å². The van der Waals surface area contributed by atoms with Gasteiger partial charge in [0.1, 0.15) is 0 Å². The quantitative estimate of drug-likeness (QED) is 0.439. The van der Waals surface area contributed by atoms with E-state index in [1.165, 1.54) is 0 Å². The average Bonchev–Trinajstić information content (AvgIpc) is 2.47. The maximum atomic E-state index is 11.0. The standard InChI is InChI=1S/C13H19N3O3/c14-16-13(17)15-11-6-4-10(5-7-11)9-19-12-3-1-2-8-18-12/h4-7,12H,1-3,8-9,14H2,(H2,15,16,17)/t12-/m0/s1. The number of nitrogens with two attached hydrogens (primary N) is 1. The minimum absolute atomic E-state index is 0.0884. The summed E-state index contributed by atoms with van der Waals surface area (Å²) >= 11 is 0. The third kappa shape index (κ3) is 4.51. The number of rotatable bonds is 4. The molecule has 0 aliphatic carbocycles. The normalized spacial score (nSPS) is 18.9. The number of hydrogen-bond donors (Lipinski definition) is 3. The fourth-order valence-electron chi connectivity index (χ4n) is 1.88. The van der Waals surface area contributed by atoms with Gasteiger partial charge in [-0.25, -0.2) is 10.6 Å². The number of nitrogens with one attached hydrogen (secondary N) is 2. The molecule has 1 aromatic rings. The van der Waals surface area contributed by atoms with Gasteiger partial charge in [-0.2, -0.15) is 0 Å². The van der Waals surface area contributed by atoms with Crippen LogP contribution in [0.3, 0.4) is 0 Å². The van der Waals surface area contributed by atoms with E-state index in [0.29, 0.717) is 12.3 Å². The van der Waals surface area contributed by atoms with E-state index in [1.54, 1.807) is 12.1 Å². The number of carbonyl (C=O) groups is 1. The molecule has 1 atom stereocenters. The number of hydrazine groups is 1. The number of anilines is 1. The molecule has 19 heavy (non-hydrogen) atoms. The van der Waals surface area contributed by atoms with Gasteiger partial charge in [-0.05, 0) is 37.0 Å². The summed E-state index contributed by atoms with van der Waals surface area (Å²) in [7, 11) is 0. The van der Waals surface area contributed by atoms with Crippen LogP contribution in [0.1, 0.15) is 24.8 Å². The Bertz CT molecular complexity index is 402. The smallest absolute Gasteiger partial charge is 0.333 e. The number of amides is 2. The fourth-order valence-corrected chi connectivity index (χ4v) is 1.88. The highest BCUT2D eigenvalue weighted by molar-refractivity contribution is 5.88. The van der Waals surface area contributed by atoms with Gasteiger partial charge in [0.2, 0.25) is 0 Å². The second-order valence-corrected chi connectivity index (χ2v) is 4.40. The lowest BCUT2D eigenvalue weighted by Crippen LogP contribution is -2.34. The average molecular weight is 265 g/mol. The summed E-state index contributed by atoms with van der Waals surface area (Å²) in [6, 6.07) is 6.95. The highest BCUT2D eigenvalue weighted by atomic mass is 16.7. The summed E-state index contributed by atoms with van der Waals surface area (Å²) in [5, 5.41) is 2.58. The van der Waals surface area contributed by atoms with Crippen molar-refractivity contribution in [1.82, 2.24) is 5.43 Å². The first-order valence-electron chi connectivity index (χ1n) is 6.37. The molecule has 0 unspecified atom stereocenters. The predicted octanol–water partition coefficient (Wildman–Crippen LogP) is 1.72. The number of hydrogen-bond acceptors (Lipinski definition) is 4. The highest BCUT2D eigenvalue weighted by Crippen LogP contribution is 2.16. The molecule has 4 N–H and O–H groups in total. The van der Waals surface area contributed by atoms with E-state index < -0.39 is 6.03 Å². The van der Waals surface area contributed by atoms with Crippen LogP contribution in [0.5, 0.6) is 0 Å². The predicted molar refractivity (Wildman–Crippen MR) is 71.2 cm³/mol. The summed E-state index contributed by atoms with van der Waals surface area (Å²) < 4.78 is 11.2. The molecule has 1 aromatic carbocycles. The molecule has 6 heteroatoms. The largest absolute Gasteiger partial charge is 0.353 e. The van der Waals surface area contributed by atoms with Crippen molar-refractivity contribution < 1.29 is 14.3 Å². The van der Waals surface area contributed by atoms with Gasteiger partial charge in [0.25, 0.3) is 0 Å². The Morgan fingerprint density at radius 1 is 1.37 bits per heavy atom. The molecule has 2 rings (SSSR count). The lowest BCUT2D eigenvalue weighted by atomic mass is 10.2. The molecule has 0 radical (unpaired) electrons. The number of carbonyl (C=O) groups excluding carboxylic acids is 1. The Kier molecular flexibility index (Phi) is 5.14. The van der Waals surface area contributed by atoms with Crippen molar-refractivity contribution >= 4 is 11.7 Å². The van der Waals surface area contributed by atoms with Crippen molar-refractivity contribution in [1.29, 1.82) is 0 Å². The van der Waals surface area contributed by atoms with Crippen molar-refractivity contribution in [2.75, 3.05) is 11.9 Å². The van der Waals surface area contributed by atoms with Gasteiger partial charge < -0.3 is 14.8 Å². The van der Waals surface area contributed by atoms with Crippen molar-refractivity contribution in [3.8, 4) is 0 Å². The molecule has 0 bridgehead atoms. The number of ether oxygens (including phenoxy) is 2. The minimum Gasteiger partial charge on any atom is -0.353 e. The van der Waals surface area contributed by atoms with E-state index in [9.17, 15) is 4.79 Å². The third-order valence-electron chi connectivity index (χ3n) is 2.92. The van der Waals surface area contributed by atoms with Gasteiger partial charge in [0.05, 0.1) is 6.61 Å².